The minimum atomic E-state index is -4.65. The fourth-order valence-electron chi connectivity index (χ4n) is 6.75. The lowest BCUT2D eigenvalue weighted by molar-refractivity contribution is -0.132. The molecule has 0 spiro atoms. The Hall–Kier alpha value is -4.71. The summed E-state index contributed by atoms with van der Waals surface area (Å²) in [5.74, 6) is -1.07. The Labute approximate surface area is 280 Å². The smallest absolute Gasteiger partial charge is 0.411 e. The number of hydrogen-bond donors (Lipinski definition) is 0. The molecule has 1 aromatic heterocycles. The molecule has 2 amide bonds. The van der Waals surface area contributed by atoms with Crippen LogP contribution in [0, 0.1) is 11.3 Å². The quantitative estimate of drug-likeness (QED) is 0.347. The van der Waals surface area contributed by atoms with Crippen molar-refractivity contribution in [2.45, 2.75) is 36.3 Å². The van der Waals surface area contributed by atoms with Crippen LogP contribution in [0.15, 0.2) is 65.7 Å². The Morgan fingerprint density at radius 1 is 1.02 bits per heavy atom. The number of anilines is 1. The number of pyridine rings is 1. The maximum atomic E-state index is 15.0. The first-order valence-electron chi connectivity index (χ1n) is 15.9. The monoisotopic (exact) mass is 674 g/mol. The predicted octanol–water partition coefficient (Wildman–Crippen LogP) is 3.19. The molecule has 0 N–H and O–H groups in total. The number of amides is 2. The Morgan fingerprint density at radius 2 is 1.75 bits per heavy atom. The number of nitrogens with zero attached hydrogens (tertiary/aromatic N) is 6. The number of hydrogen-bond acceptors (Lipinski definition) is 11. The van der Waals surface area contributed by atoms with Crippen LogP contribution in [-0.2, 0) is 25.2 Å². The number of nitriles is 1. The lowest BCUT2D eigenvalue weighted by atomic mass is 9.87. The van der Waals surface area contributed by atoms with Gasteiger partial charge < -0.3 is 24.0 Å². The van der Waals surface area contributed by atoms with Gasteiger partial charge in [-0.25, -0.2) is 18.2 Å². The number of carbonyl (C=O) groups is 2. The summed E-state index contributed by atoms with van der Waals surface area (Å²) in [7, 11) is -1.21. The maximum absolute atomic E-state index is 15.0. The van der Waals surface area contributed by atoms with Gasteiger partial charge in [-0.1, -0.05) is 12.1 Å². The molecule has 0 bridgehead atoms. The fourth-order valence-corrected chi connectivity index (χ4v) is 8.37. The van der Waals surface area contributed by atoms with Crippen molar-refractivity contribution in [1.29, 1.82) is 5.26 Å². The average molecular weight is 675 g/mol. The highest BCUT2D eigenvalue weighted by molar-refractivity contribution is 7.93. The summed E-state index contributed by atoms with van der Waals surface area (Å²) in [5, 5.41) is 9.88. The summed E-state index contributed by atoms with van der Waals surface area (Å²) in [4.78, 5) is 39.5. The van der Waals surface area contributed by atoms with E-state index in [4.69, 9.17) is 14.2 Å². The summed E-state index contributed by atoms with van der Waals surface area (Å²) >= 11 is 0. The van der Waals surface area contributed by atoms with Gasteiger partial charge in [0.05, 0.1) is 36.6 Å². The molecular formula is C34H38N6O7S. The van der Waals surface area contributed by atoms with Crippen molar-refractivity contribution in [2.75, 3.05) is 64.3 Å². The Kier molecular flexibility index (Phi) is 9.28. The van der Waals surface area contributed by atoms with E-state index < -0.39 is 27.6 Å². The van der Waals surface area contributed by atoms with Crippen molar-refractivity contribution in [3.05, 3.63) is 77.5 Å². The van der Waals surface area contributed by atoms with E-state index in [0.29, 0.717) is 36.5 Å². The zero-order valence-corrected chi connectivity index (χ0v) is 28.0. The number of para-hydroxylation sites is 1. The van der Waals surface area contributed by atoms with Gasteiger partial charge >= 0.3 is 6.09 Å². The SMILES string of the molecule is CCOc1ncccc1C1(OC(=O)N2CCN(C3CCN(C)CC3)CC2)C(=O)N(S(=O)(=O)c2ccccc2OC)c2ccc(C#N)cc21. The molecule has 0 saturated carbocycles. The standard InChI is InChI=1S/C34H38N6O7S/c1-4-46-31-26(8-7-15-36-31)34(47-33(42)39-20-18-38(19-21-39)25-13-16-37(2)17-14-25)27-22-24(23-35)11-12-28(27)40(32(34)41)48(43,44)30-10-6-5-9-29(30)45-3/h5-12,15,22,25H,4,13-14,16-21H2,1-3H3. The minimum absolute atomic E-state index is 0.00251. The highest BCUT2D eigenvalue weighted by Gasteiger charge is 2.61. The number of rotatable bonds is 8. The van der Waals surface area contributed by atoms with Crippen LogP contribution in [0.3, 0.4) is 0 Å². The van der Waals surface area contributed by atoms with Crippen molar-refractivity contribution < 1.29 is 32.2 Å². The Morgan fingerprint density at radius 3 is 2.44 bits per heavy atom. The molecule has 48 heavy (non-hydrogen) atoms. The van der Waals surface area contributed by atoms with Gasteiger partial charge in [0.2, 0.25) is 5.88 Å². The van der Waals surface area contributed by atoms with Crippen molar-refractivity contribution in [3.8, 4) is 17.7 Å². The number of fused-ring (bicyclic) bond motifs is 1. The second-order valence-corrected chi connectivity index (χ2v) is 13.7. The van der Waals surface area contributed by atoms with E-state index in [2.05, 4.69) is 27.9 Å². The van der Waals surface area contributed by atoms with Crippen molar-refractivity contribution >= 4 is 27.7 Å². The van der Waals surface area contributed by atoms with E-state index in [1.165, 1.54) is 60.7 Å². The van der Waals surface area contributed by atoms with E-state index in [1.54, 1.807) is 19.1 Å². The predicted molar refractivity (Wildman–Crippen MR) is 175 cm³/mol. The first kappa shape index (κ1) is 33.2. The zero-order valence-electron chi connectivity index (χ0n) is 27.2. The number of piperidine rings is 1. The molecule has 3 aliphatic heterocycles. The maximum Gasteiger partial charge on any atom is 0.411 e. The number of benzene rings is 2. The minimum Gasteiger partial charge on any atom is -0.495 e. The van der Waals surface area contributed by atoms with Gasteiger partial charge in [-0.3, -0.25) is 9.69 Å². The van der Waals surface area contributed by atoms with Crippen molar-refractivity contribution in [2.24, 2.45) is 0 Å². The molecule has 0 radical (unpaired) electrons. The largest absolute Gasteiger partial charge is 0.495 e. The molecular weight excluding hydrogens is 636 g/mol. The first-order chi connectivity index (χ1) is 23.1. The average Bonchev–Trinajstić information content (AvgIpc) is 3.36. The molecule has 2 saturated heterocycles. The third-order valence-electron chi connectivity index (χ3n) is 9.25. The van der Waals surface area contributed by atoms with Gasteiger partial charge in [0.15, 0.2) is 0 Å². The highest BCUT2D eigenvalue weighted by atomic mass is 32.2. The van der Waals surface area contributed by atoms with Crippen LogP contribution in [0.5, 0.6) is 11.6 Å². The normalized spacial score (nSPS) is 20.7. The van der Waals surface area contributed by atoms with E-state index in [1.807, 2.05) is 0 Å². The molecule has 3 aromatic rings. The molecule has 6 rings (SSSR count). The summed E-state index contributed by atoms with van der Waals surface area (Å²) in [6.07, 6.45) is 2.76. The van der Waals surface area contributed by atoms with Crippen LogP contribution in [0.25, 0.3) is 0 Å². The number of ether oxygens (including phenoxy) is 3. The van der Waals surface area contributed by atoms with Gasteiger partial charge in [-0.15, -0.1) is 0 Å². The van der Waals surface area contributed by atoms with Crippen molar-refractivity contribution in [1.82, 2.24) is 19.7 Å². The molecule has 1 unspecified atom stereocenters. The molecule has 252 valence electrons. The lowest BCUT2D eigenvalue weighted by Gasteiger charge is -2.42. The van der Waals surface area contributed by atoms with Gasteiger partial charge in [0.25, 0.3) is 21.5 Å². The zero-order chi connectivity index (χ0) is 34.1. The van der Waals surface area contributed by atoms with Gasteiger partial charge in [0.1, 0.15) is 10.6 Å². The van der Waals surface area contributed by atoms with Crippen LogP contribution in [0.1, 0.15) is 36.5 Å². The number of likely N-dealkylation sites (tertiary alicyclic amines) is 1. The number of piperazine rings is 1. The molecule has 0 aliphatic carbocycles. The van der Waals surface area contributed by atoms with Crippen LogP contribution in [-0.4, -0.2) is 106 Å². The molecule has 2 aromatic carbocycles. The van der Waals surface area contributed by atoms with Crippen LogP contribution in [0.4, 0.5) is 10.5 Å². The van der Waals surface area contributed by atoms with Crippen LogP contribution >= 0.6 is 0 Å². The molecule has 1 atom stereocenters. The molecule has 13 nitrogen and oxygen atoms in total. The van der Waals surface area contributed by atoms with E-state index in [-0.39, 0.29) is 45.5 Å². The van der Waals surface area contributed by atoms with E-state index in [0.717, 1.165) is 25.9 Å². The summed E-state index contributed by atoms with van der Waals surface area (Å²) in [5.41, 5.74) is -2.28. The van der Waals surface area contributed by atoms with Gasteiger partial charge in [0, 0.05) is 44.0 Å². The first-order valence-corrected chi connectivity index (χ1v) is 17.4. The third-order valence-corrected chi connectivity index (χ3v) is 11.0. The molecule has 14 heteroatoms. The molecule has 3 aliphatic rings. The Bertz CT molecular complexity index is 1850. The summed E-state index contributed by atoms with van der Waals surface area (Å²) in [6.45, 7) is 5.90. The second-order valence-electron chi connectivity index (χ2n) is 12.0. The number of methoxy groups -OCH3 is 1. The van der Waals surface area contributed by atoms with E-state index >= 15 is 0 Å². The van der Waals surface area contributed by atoms with Gasteiger partial charge in [-0.05, 0) is 82.4 Å². The third kappa shape index (κ3) is 5.72. The van der Waals surface area contributed by atoms with E-state index in [9.17, 15) is 23.3 Å². The summed E-state index contributed by atoms with van der Waals surface area (Å²) in [6, 6.07) is 15.6. The number of carbonyl (C=O) groups excluding carboxylic acids is 2. The topological polar surface area (TPSA) is 146 Å². The van der Waals surface area contributed by atoms with Crippen molar-refractivity contribution in [3.63, 3.8) is 0 Å². The number of sulfonamides is 1. The number of aromatic nitrogens is 1. The lowest BCUT2D eigenvalue weighted by Crippen LogP contribution is -2.55. The second kappa shape index (κ2) is 13.4. The molecule has 2 fully saturated rings. The van der Waals surface area contributed by atoms with Crippen LogP contribution in [0.2, 0.25) is 0 Å². The Balaban J connectivity index is 1.45. The van der Waals surface area contributed by atoms with Gasteiger partial charge in [-0.2, -0.15) is 9.57 Å². The van der Waals surface area contributed by atoms with Crippen LogP contribution < -0.4 is 13.8 Å². The highest BCUT2D eigenvalue weighted by Crippen LogP contribution is 2.52. The summed E-state index contributed by atoms with van der Waals surface area (Å²) < 4.78 is 46.9. The molecule has 4 heterocycles. The fraction of sp³-hybridized carbons (Fsp3) is 0.412.